The van der Waals surface area contributed by atoms with Crippen molar-refractivity contribution in [2.24, 2.45) is 5.92 Å². The predicted molar refractivity (Wildman–Crippen MR) is 48.7 cm³/mol. The van der Waals surface area contributed by atoms with E-state index in [9.17, 15) is 14.7 Å². The molecule has 2 N–H and O–H groups in total. The third-order valence-corrected chi connectivity index (χ3v) is 1.76. The zero-order valence-electron chi connectivity index (χ0n) is 8.40. The van der Waals surface area contributed by atoms with Crippen molar-refractivity contribution in [2.45, 2.75) is 32.8 Å². The fraction of sp³-hybridized carbons (Fsp3) is 0.778. The summed E-state index contributed by atoms with van der Waals surface area (Å²) < 4.78 is 4.61. The molecular weight excluding hydrogens is 188 g/mol. The van der Waals surface area contributed by atoms with Gasteiger partial charge in [0.05, 0.1) is 6.10 Å². The number of aliphatic carboxylic acids is 1. The number of hydrogen-bond donors (Lipinski definition) is 2. The maximum Gasteiger partial charge on any atom is 0.320 e. The van der Waals surface area contributed by atoms with E-state index < -0.39 is 24.0 Å². The van der Waals surface area contributed by atoms with Crippen LogP contribution in [0.3, 0.4) is 0 Å². The third-order valence-electron chi connectivity index (χ3n) is 1.76. The molecule has 0 saturated heterocycles. The molecule has 5 heteroatoms. The molecule has 0 spiro atoms. The highest BCUT2D eigenvalue weighted by molar-refractivity contribution is 5.93. The van der Waals surface area contributed by atoms with Crippen LogP contribution in [0.5, 0.6) is 0 Å². The van der Waals surface area contributed by atoms with Crippen LogP contribution in [0, 0.1) is 5.92 Å². The lowest BCUT2D eigenvalue weighted by Crippen LogP contribution is -2.26. The number of ether oxygens (including phenoxy) is 1. The number of carboxylic acids is 1. The van der Waals surface area contributed by atoms with E-state index in [4.69, 9.17) is 5.11 Å². The molecule has 14 heavy (non-hydrogen) atoms. The van der Waals surface area contributed by atoms with E-state index in [-0.39, 0.29) is 6.61 Å². The highest BCUT2D eigenvalue weighted by atomic mass is 16.5. The van der Waals surface area contributed by atoms with Crippen molar-refractivity contribution < 1.29 is 24.5 Å². The van der Waals surface area contributed by atoms with Gasteiger partial charge in [-0.1, -0.05) is 13.3 Å². The van der Waals surface area contributed by atoms with E-state index in [1.807, 2.05) is 6.92 Å². The van der Waals surface area contributed by atoms with Crippen molar-refractivity contribution in [3.8, 4) is 0 Å². The van der Waals surface area contributed by atoms with Gasteiger partial charge in [0.25, 0.3) is 0 Å². The molecule has 0 aromatic carbocycles. The molecule has 0 bridgehead atoms. The van der Waals surface area contributed by atoms with Crippen LogP contribution in [-0.2, 0) is 14.3 Å². The second-order valence-corrected chi connectivity index (χ2v) is 3.13. The first-order valence-electron chi connectivity index (χ1n) is 4.56. The summed E-state index contributed by atoms with van der Waals surface area (Å²) in [6, 6.07) is 0. The number of carbonyl (C=O) groups is 2. The average Bonchev–Trinajstić information content (AvgIpc) is 2.13. The molecule has 0 aliphatic heterocycles. The van der Waals surface area contributed by atoms with Crippen molar-refractivity contribution in [3.05, 3.63) is 0 Å². The third kappa shape index (κ3) is 4.81. The van der Waals surface area contributed by atoms with E-state index in [2.05, 4.69) is 4.74 Å². The van der Waals surface area contributed by atoms with Crippen LogP contribution in [0.2, 0.25) is 0 Å². The lowest BCUT2D eigenvalue weighted by Gasteiger charge is -2.11. The van der Waals surface area contributed by atoms with Crippen molar-refractivity contribution in [2.75, 3.05) is 6.61 Å². The molecule has 5 nitrogen and oxygen atoms in total. The summed E-state index contributed by atoms with van der Waals surface area (Å²) in [5.41, 5.74) is 0. The zero-order chi connectivity index (χ0) is 11.1. The van der Waals surface area contributed by atoms with Gasteiger partial charge in [-0.3, -0.25) is 9.59 Å². The van der Waals surface area contributed by atoms with E-state index in [0.29, 0.717) is 6.42 Å². The van der Waals surface area contributed by atoms with Gasteiger partial charge in [0.15, 0.2) is 5.92 Å². The summed E-state index contributed by atoms with van der Waals surface area (Å²) in [6.45, 7) is 3.01. The van der Waals surface area contributed by atoms with Crippen LogP contribution in [0.25, 0.3) is 0 Å². The van der Waals surface area contributed by atoms with Crippen LogP contribution >= 0.6 is 0 Å². The molecule has 0 aromatic heterocycles. The molecule has 0 saturated carbocycles. The fourth-order valence-corrected chi connectivity index (χ4v) is 0.821. The van der Waals surface area contributed by atoms with Crippen LogP contribution in [0.1, 0.15) is 26.7 Å². The molecule has 0 aliphatic carbocycles. The number of aliphatic hydroxyl groups is 1. The topological polar surface area (TPSA) is 83.8 Å². The summed E-state index contributed by atoms with van der Waals surface area (Å²) in [5.74, 6) is -3.21. The lowest BCUT2D eigenvalue weighted by molar-refractivity contribution is -0.159. The molecule has 0 radical (unpaired) electrons. The highest BCUT2D eigenvalue weighted by Crippen LogP contribution is 2.02. The Morgan fingerprint density at radius 3 is 2.43 bits per heavy atom. The normalized spacial score (nSPS) is 14.5. The summed E-state index contributed by atoms with van der Waals surface area (Å²) >= 11 is 0. The minimum atomic E-state index is -1.22. The Kier molecular flexibility index (Phi) is 5.87. The standard InChI is InChI=1S/C9H16O5/c1-3-4-7(10)5-14-9(13)6(2)8(11)12/h6-7,10H,3-5H2,1-2H3,(H,11,12). The second kappa shape index (κ2) is 6.37. The summed E-state index contributed by atoms with van der Waals surface area (Å²) in [7, 11) is 0. The Morgan fingerprint density at radius 1 is 1.43 bits per heavy atom. The zero-order valence-corrected chi connectivity index (χ0v) is 8.40. The molecule has 0 fully saturated rings. The molecular formula is C9H16O5. The Labute approximate surface area is 82.7 Å². The van der Waals surface area contributed by atoms with Crippen LogP contribution in [0.15, 0.2) is 0 Å². The van der Waals surface area contributed by atoms with Gasteiger partial charge < -0.3 is 14.9 Å². The van der Waals surface area contributed by atoms with Crippen LogP contribution in [-0.4, -0.2) is 34.9 Å². The molecule has 0 amide bonds. The summed E-state index contributed by atoms with van der Waals surface area (Å²) in [4.78, 5) is 21.3. The number of esters is 1. The van der Waals surface area contributed by atoms with Crippen molar-refractivity contribution in [1.29, 1.82) is 0 Å². The first-order valence-corrected chi connectivity index (χ1v) is 4.56. The van der Waals surface area contributed by atoms with Gasteiger partial charge in [-0.15, -0.1) is 0 Å². The number of hydrogen-bond acceptors (Lipinski definition) is 4. The molecule has 0 heterocycles. The Bertz CT molecular complexity index is 201. The average molecular weight is 204 g/mol. The van der Waals surface area contributed by atoms with E-state index >= 15 is 0 Å². The number of carboxylic acid groups (broad SMARTS) is 1. The minimum absolute atomic E-state index is 0.135. The molecule has 0 rings (SSSR count). The molecule has 0 aromatic rings. The SMILES string of the molecule is CCCC(O)COC(=O)C(C)C(=O)O. The van der Waals surface area contributed by atoms with Crippen LogP contribution in [0.4, 0.5) is 0 Å². The van der Waals surface area contributed by atoms with Crippen molar-refractivity contribution >= 4 is 11.9 Å². The van der Waals surface area contributed by atoms with Crippen molar-refractivity contribution in [1.82, 2.24) is 0 Å². The first-order chi connectivity index (χ1) is 6.49. The number of rotatable bonds is 6. The maximum absolute atomic E-state index is 11.0. The summed E-state index contributed by atoms with van der Waals surface area (Å²) in [6.07, 6.45) is 0.618. The Morgan fingerprint density at radius 2 is 2.00 bits per heavy atom. The van der Waals surface area contributed by atoms with Gasteiger partial charge in [0.2, 0.25) is 0 Å². The van der Waals surface area contributed by atoms with Gasteiger partial charge in [-0.25, -0.2) is 0 Å². The second-order valence-electron chi connectivity index (χ2n) is 3.13. The smallest absolute Gasteiger partial charge is 0.320 e. The Hall–Kier alpha value is -1.10. The monoisotopic (exact) mass is 204 g/mol. The molecule has 0 aliphatic rings. The Balaban J connectivity index is 3.79. The van der Waals surface area contributed by atoms with Gasteiger partial charge in [0, 0.05) is 0 Å². The number of carbonyl (C=O) groups excluding carboxylic acids is 1. The highest BCUT2D eigenvalue weighted by Gasteiger charge is 2.22. The molecule has 82 valence electrons. The van der Waals surface area contributed by atoms with Gasteiger partial charge in [-0.2, -0.15) is 0 Å². The quantitative estimate of drug-likeness (QED) is 0.483. The van der Waals surface area contributed by atoms with Crippen molar-refractivity contribution in [3.63, 3.8) is 0 Å². The van der Waals surface area contributed by atoms with Gasteiger partial charge in [-0.05, 0) is 13.3 Å². The van der Waals surface area contributed by atoms with Crippen LogP contribution < -0.4 is 0 Å². The van der Waals surface area contributed by atoms with Gasteiger partial charge in [0.1, 0.15) is 6.61 Å². The van der Waals surface area contributed by atoms with E-state index in [0.717, 1.165) is 6.42 Å². The maximum atomic E-state index is 11.0. The minimum Gasteiger partial charge on any atom is -0.481 e. The van der Waals surface area contributed by atoms with Gasteiger partial charge >= 0.3 is 11.9 Å². The molecule has 2 atom stereocenters. The first kappa shape index (κ1) is 12.9. The number of aliphatic hydroxyl groups excluding tert-OH is 1. The van der Waals surface area contributed by atoms with E-state index in [1.54, 1.807) is 0 Å². The predicted octanol–water partition coefficient (Wildman–Crippen LogP) is 0.411. The van der Waals surface area contributed by atoms with E-state index in [1.165, 1.54) is 6.92 Å². The largest absolute Gasteiger partial charge is 0.481 e. The lowest BCUT2D eigenvalue weighted by atomic mass is 10.2. The molecule has 2 unspecified atom stereocenters. The fourth-order valence-electron chi connectivity index (χ4n) is 0.821. The summed E-state index contributed by atoms with van der Waals surface area (Å²) in [5, 5.41) is 17.7.